The Morgan fingerprint density at radius 1 is 1.33 bits per heavy atom. The molecule has 2 aromatic rings. The molecule has 1 aromatic carbocycles. The van der Waals surface area contributed by atoms with Gasteiger partial charge >= 0.3 is 0 Å². The molecule has 0 amide bonds. The van der Waals surface area contributed by atoms with Crippen LogP contribution in [0.3, 0.4) is 0 Å². The van der Waals surface area contributed by atoms with Gasteiger partial charge in [0.2, 0.25) is 0 Å². The molecular weight excluding hydrogens is 395 g/mol. The smallest absolute Gasteiger partial charge is 0.184 e. The van der Waals surface area contributed by atoms with Gasteiger partial charge in [0.25, 0.3) is 0 Å². The summed E-state index contributed by atoms with van der Waals surface area (Å²) >= 11 is 4.38. The van der Waals surface area contributed by atoms with Gasteiger partial charge in [0.15, 0.2) is 5.13 Å². The number of thiazole rings is 1. The van der Waals surface area contributed by atoms with Crippen molar-refractivity contribution in [3.8, 4) is 5.75 Å². The third-order valence-electron chi connectivity index (χ3n) is 4.40. The van der Waals surface area contributed by atoms with Crippen LogP contribution in [0.4, 0.5) is 5.13 Å². The lowest BCUT2D eigenvalue weighted by Crippen LogP contribution is -2.41. The van der Waals surface area contributed by atoms with Crippen molar-refractivity contribution in [3.05, 3.63) is 18.2 Å². The van der Waals surface area contributed by atoms with Crippen LogP contribution in [0, 0.1) is 0 Å². The molecular formula is C16H21IN2OS. The Morgan fingerprint density at radius 2 is 2.10 bits per heavy atom. The molecule has 0 aliphatic heterocycles. The monoisotopic (exact) mass is 416 g/mol. The van der Waals surface area contributed by atoms with E-state index in [2.05, 4.69) is 40.9 Å². The summed E-state index contributed by atoms with van der Waals surface area (Å²) in [5.41, 5.74) is 1.04. The maximum absolute atomic E-state index is 5.28. The minimum absolute atomic E-state index is 0.367. The fraction of sp³-hybridized carbons (Fsp3) is 0.562. The predicted molar refractivity (Wildman–Crippen MR) is 99.1 cm³/mol. The number of ether oxygens (including phenoxy) is 1. The number of hydrogen-bond acceptors (Lipinski definition) is 4. The lowest BCUT2D eigenvalue weighted by atomic mass is 9.84. The maximum atomic E-state index is 5.28. The zero-order valence-electron chi connectivity index (χ0n) is 12.5. The first-order valence-corrected chi connectivity index (χ1v) is 9.40. The second kappa shape index (κ2) is 6.28. The number of methoxy groups -OCH3 is 1. The molecule has 3 nitrogen and oxygen atoms in total. The average molecular weight is 416 g/mol. The second-order valence-electron chi connectivity index (χ2n) is 5.81. The number of nitrogens with zero attached hydrogens (tertiary/aromatic N) is 1. The van der Waals surface area contributed by atoms with Gasteiger partial charge in [-0.2, -0.15) is 0 Å². The van der Waals surface area contributed by atoms with Gasteiger partial charge in [-0.3, -0.25) is 0 Å². The Labute approximate surface area is 143 Å². The first-order valence-electron chi connectivity index (χ1n) is 7.51. The second-order valence-corrected chi connectivity index (χ2v) is 8.99. The molecule has 1 atom stereocenters. The average Bonchev–Trinajstić information content (AvgIpc) is 2.89. The van der Waals surface area contributed by atoms with Crippen LogP contribution in [0.15, 0.2) is 18.2 Å². The minimum Gasteiger partial charge on any atom is -0.497 e. The van der Waals surface area contributed by atoms with E-state index < -0.39 is 0 Å². The van der Waals surface area contributed by atoms with E-state index in [-0.39, 0.29) is 0 Å². The molecule has 3 rings (SSSR count). The molecule has 0 bridgehead atoms. The van der Waals surface area contributed by atoms with Gasteiger partial charge in [-0.25, -0.2) is 4.98 Å². The molecule has 114 valence electrons. The van der Waals surface area contributed by atoms with Gasteiger partial charge in [-0.05, 0) is 38.0 Å². The van der Waals surface area contributed by atoms with E-state index in [1.165, 1.54) is 36.8 Å². The van der Waals surface area contributed by atoms with Gasteiger partial charge in [-0.15, -0.1) is 0 Å². The summed E-state index contributed by atoms with van der Waals surface area (Å²) in [6, 6.07) is 6.50. The Bertz CT molecular complexity index is 622. The number of anilines is 1. The van der Waals surface area contributed by atoms with Crippen LogP contribution < -0.4 is 10.1 Å². The molecule has 0 saturated heterocycles. The van der Waals surface area contributed by atoms with Crippen molar-refractivity contribution in [2.24, 2.45) is 0 Å². The number of halogens is 1. The topological polar surface area (TPSA) is 34.1 Å². The molecule has 0 radical (unpaired) electrons. The third-order valence-corrected chi connectivity index (χ3v) is 7.36. The predicted octanol–water partition coefficient (Wildman–Crippen LogP) is 5.24. The normalized spacial score (nSPS) is 19.4. The number of nitrogens with one attached hydrogen (secondary N) is 1. The Kier molecular flexibility index (Phi) is 4.59. The van der Waals surface area contributed by atoms with Gasteiger partial charge in [-0.1, -0.05) is 53.2 Å². The number of benzene rings is 1. The highest BCUT2D eigenvalue weighted by Gasteiger charge is 2.35. The zero-order chi connectivity index (χ0) is 14.9. The minimum atomic E-state index is 0.367. The Balaban J connectivity index is 1.77. The van der Waals surface area contributed by atoms with E-state index in [9.17, 15) is 0 Å². The van der Waals surface area contributed by atoms with E-state index >= 15 is 0 Å². The van der Waals surface area contributed by atoms with Gasteiger partial charge < -0.3 is 10.1 Å². The summed E-state index contributed by atoms with van der Waals surface area (Å²) in [5, 5.41) is 4.66. The van der Waals surface area contributed by atoms with E-state index in [0.717, 1.165) is 16.4 Å². The molecule has 5 heteroatoms. The number of aromatic nitrogens is 1. The molecule has 1 N–H and O–H groups in total. The third kappa shape index (κ3) is 3.28. The Morgan fingerprint density at radius 3 is 2.81 bits per heavy atom. The van der Waals surface area contributed by atoms with Gasteiger partial charge in [0, 0.05) is 9.46 Å². The standard InChI is InChI=1S/C16H21IN2OS/c1-11(16(17)8-4-3-5-9-16)18-15-19-13-7-6-12(20-2)10-14(13)21-15/h6-7,10-11H,3-5,8-9H2,1-2H3,(H,18,19). The highest BCUT2D eigenvalue weighted by Crippen LogP contribution is 2.41. The fourth-order valence-electron chi connectivity index (χ4n) is 2.98. The molecule has 1 aliphatic carbocycles. The van der Waals surface area contributed by atoms with Crippen molar-refractivity contribution in [2.75, 3.05) is 12.4 Å². The van der Waals surface area contributed by atoms with Crippen molar-refractivity contribution in [2.45, 2.75) is 48.5 Å². The van der Waals surface area contributed by atoms with Crippen LogP contribution in [-0.4, -0.2) is 21.6 Å². The van der Waals surface area contributed by atoms with Crippen molar-refractivity contribution >= 4 is 49.3 Å². The number of rotatable bonds is 4. The van der Waals surface area contributed by atoms with E-state index in [1.807, 2.05) is 12.1 Å². The molecule has 1 heterocycles. The van der Waals surface area contributed by atoms with Gasteiger partial charge in [0.1, 0.15) is 5.75 Å². The summed E-state index contributed by atoms with van der Waals surface area (Å²) < 4.78 is 6.82. The summed E-state index contributed by atoms with van der Waals surface area (Å²) in [5.74, 6) is 0.892. The van der Waals surface area contributed by atoms with Crippen molar-refractivity contribution < 1.29 is 4.74 Å². The summed E-state index contributed by atoms with van der Waals surface area (Å²) in [7, 11) is 1.70. The molecule has 1 unspecified atom stereocenters. The highest BCUT2D eigenvalue weighted by atomic mass is 127. The SMILES string of the molecule is COc1ccc2nc(NC(C)C3(I)CCCCC3)sc2c1. The number of hydrogen-bond donors (Lipinski definition) is 1. The summed E-state index contributed by atoms with van der Waals surface area (Å²) in [4.78, 5) is 4.70. The lowest BCUT2D eigenvalue weighted by Gasteiger charge is -2.37. The lowest BCUT2D eigenvalue weighted by molar-refractivity contribution is 0.386. The van der Waals surface area contributed by atoms with E-state index in [4.69, 9.17) is 9.72 Å². The molecule has 1 aromatic heterocycles. The Hall–Kier alpha value is -0.560. The number of alkyl halides is 1. The van der Waals surface area contributed by atoms with Crippen molar-refractivity contribution in [1.82, 2.24) is 4.98 Å². The molecule has 0 spiro atoms. The first kappa shape index (κ1) is 15.3. The maximum Gasteiger partial charge on any atom is 0.184 e. The van der Waals surface area contributed by atoms with Crippen LogP contribution in [0.25, 0.3) is 10.2 Å². The first-order chi connectivity index (χ1) is 10.1. The molecule has 1 aliphatic rings. The van der Waals surface area contributed by atoms with E-state index in [1.54, 1.807) is 18.4 Å². The highest BCUT2D eigenvalue weighted by molar-refractivity contribution is 14.1. The van der Waals surface area contributed by atoms with Crippen LogP contribution in [-0.2, 0) is 0 Å². The summed E-state index contributed by atoms with van der Waals surface area (Å²) in [6.45, 7) is 2.30. The largest absolute Gasteiger partial charge is 0.497 e. The van der Waals surface area contributed by atoms with Crippen LogP contribution in [0.1, 0.15) is 39.0 Å². The van der Waals surface area contributed by atoms with Crippen molar-refractivity contribution in [1.29, 1.82) is 0 Å². The van der Waals surface area contributed by atoms with E-state index in [0.29, 0.717) is 9.46 Å². The zero-order valence-corrected chi connectivity index (χ0v) is 15.5. The summed E-state index contributed by atoms with van der Waals surface area (Å²) in [6.07, 6.45) is 6.71. The van der Waals surface area contributed by atoms with Gasteiger partial charge in [0.05, 0.1) is 17.3 Å². The fourth-order valence-corrected chi connectivity index (χ4v) is 4.88. The number of fused-ring (bicyclic) bond motifs is 1. The van der Waals surface area contributed by atoms with Crippen LogP contribution in [0.5, 0.6) is 5.75 Å². The quantitative estimate of drug-likeness (QED) is 0.547. The van der Waals surface area contributed by atoms with Crippen LogP contribution >= 0.6 is 33.9 Å². The van der Waals surface area contributed by atoms with Crippen LogP contribution in [0.2, 0.25) is 0 Å². The van der Waals surface area contributed by atoms with Crippen molar-refractivity contribution in [3.63, 3.8) is 0 Å². The molecule has 1 fully saturated rings. The molecule has 1 saturated carbocycles. The molecule has 21 heavy (non-hydrogen) atoms.